The van der Waals surface area contributed by atoms with E-state index in [1.165, 1.54) is 0 Å². The number of para-hydroxylation sites is 2. The molecule has 1 aliphatic rings. The number of benzene rings is 6. The molecular formula is C39H25N3O2. The average Bonchev–Trinajstić information content (AvgIpc) is 3.67. The predicted molar refractivity (Wildman–Crippen MR) is 178 cm³/mol. The lowest BCUT2D eigenvalue weighted by atomic mass is 9.96. The fourth-order valence-electron chi connectivity index (χ4n) is 6.26. The van der Waals surface area contributed by atoms with Gasteiger partial charge in [0.1, 0.15) is 34.0 Å². The van der Waals surface area contributed by atoms with Crippen LogP contribution in [0.3, 0.4) is 0 Å². The first-order valence-electron chi connectivity index (χ1n) is 14.7. The number of nitrogens with one attached hydrogen (secondary N) is 1. The van der Waals surface area contributed by atoms with E-state index in [9.17, 15) is 0 Å². The normalized spacial score (nSPS) is 13.8. The molecule has 0 amide bonds. The van der Waals surface area contributed by atoms with Crippen LogP contribution in [0.15, 0.2) is 158 Å². The SMILES string of the molecule is c1ccc(C2=NC(c3ccc(-c4ccc5c(c4)oc4ccccc45)c4oc5ccccc5c34)N=C(c3ccccc3)N2)cc1. The van der Waals surface area contributed by atoms with Gasteiger partial charge in [0.05, 0.1) is 0 Å². The van der Waals surface area contributed by atoms with Crippen molar-refractivity contribution in [2.24, 2.45) is 9.98 Å². The predicted octanol–water partition coefficient (Wildman–Crippen LogP) is 9.65. The third kappa shape index (κ3) is 3.94. The van der Waals surface area contributed by atoms with Crippen LogP contribution < -0.4 is 5.32 Å². The fourth-order valence-corrected chi connectivity index (χ4v) is 6.26. The molecular weight excluding hydrogens is 542 g/mol. The van der Waals surface area contributed by atoms with E-state index in [1.54, 1.807) is 0 Å². The molecule has 208 valence electrons. The lowest BCUT2D eigenvalue weighted by molar-refractivity contribution is 0.667. The van der Waals surface area contributed by atoms with Gasteiger partial charge in [0, 0.05) is 43.8 Å². The molecule has 0 atom stereocenters. The van der Waals surface area contributed by atoms with E-state index in [-0.39, 0.29) is 0 Å². The van der Waals surface area contributed by atoms with Gasteiger partial charge in [-0.3, -0.25) is 0 Å². The Bertz CT molecular complexity index is 2360. The van der Waals surface area contributed by atoms with Gasteiger partial charge in [0.2, 0.25) is 0 Å². The van der Waals surface area contributed by atoms with Crippen LogP contribution in [0.1, 0.15) is 22.9 Å². The van der Waals surface area contributed by atoms with Crippen LogP contribution >= 0.6 is 0 Å². The van der Waals surface area contributed by atoms with E-state index >= 15 is 0 Å². The lowest BCUT2D eigenvalue weighted by Crippen LogP contribution is -2.36. The maximum atomic E-state index is 6.62. The van der Waals surface area contributed by atoms with Gasteiger partial charge in [-0.2, -0.15) is 0 Å². The molecule has 3 heterocycles. The highest BCUT2D eigenvalue weighted by Crippen LogP contribution is 2.42. The molecule has 0 saturated carbocycles. The van der Waals surface area contributed by atoms with E-state index in [2.05, 4.69) is 72.0 Å². The summed E-state index contributed by atoms with van der Waals surface area (Å²) in [7, 11) is 0. The summed E-state index contributed by atoms with van der Waals surface area (Å²) < 4.78 is 12.9. The molecule has 1 N–H and O–H groups in total. The maximum Gasteiger partial charge on any atom is 0.170 e. The van der Waals surface area contributed by atoms with Gasteiger partial charge < -0.3 is 14.2 Å². The molecule has 0 unspecified atom stereocenters. The molecule has 2 aromatic heterocycles. The zero-order valence-electron chi connectivity index (χ0n) is 23.6. The summed E-state index contributed by atoms with van der Waals surface area (Å²) in [6.07, 6.45) is -0.475. The summed E-state index contributed by atoms with van der Waals surface area (Å²) in [5.41, 5.74) is 8.39. The first-order valence-corrected chi connectivity index (χ1v) is 14.7. The highest BCUT2D eigenvalue weighted by Gasteiger charge is 2.25. The molecule has 0 spiro atoms. The third-order valence-electron chi connectivity index (χ3n) is 8.36. The molecule has 0 radical (unpaired) electrons. The van der Waals surface area contributed by atoms with Crippen LogP contribution in [0.2, 0.25) is 0 Å². The van der Waals surface area contributed by atoms with Crippen LogP contribution in [0, 0.1) is 0 Å². The summed E-state index contributed by atoms with van der Waals surface area (Å²) in [5.74, 6) is 1.56. The summed E-state index contributed by atoms with van der Waals surface area (Å²) in [6, 6.07) is 47.4. The first-order chi connectivity index (χ1) is 21.8. The lowest BCUT2D eigenvalue weighted by Gasteiger charge is -2.23. The minimum absolute atomic E-state index is 0.475. The highest BCUT2D eigenvalue weighted by atomic mass is 16.3. The molecule has 0 aliphatic carbocycles. The van der Waals surface area contributed by atoms with Gasteiger partial charge in [0.25, 0.3) is 0 Å². The number of rotatable bonds is 4. The van der Waals surface area contributed by atoms with Gasteiger partial charge in [-0.25, -0.2) is 9.98 Å². The van der Waals surface area contributed by atoms with Gasteiger partial charge in [-0.05, 0) is 29.8 Å². The summed E-state index contributed by atoms with van der Waals surface area (Å²) in [6.45, 7) is 0. The van der Waals surface area contributed by atoms with Crippen LogP contribution in [-0.2, 0) is 0 Å². The van der Waals surface area contributed by atoms with Crippen molar-refractivity contribution >= 4 is 55.5 Å². The van der Waals surface area contributed by atoms with Crippen LogP contribution in [0.4, 0.5) is 0 Å². The molecule has 8 aromatic rings. The van der Waals surface area contributed by atoms with E-state index in [1.807, 2.05) is 72.8 Å². The summed E-state index contributed by atoms with van der Waals surface area (Å²) in [4.78, 5) is 10.3. The molecule has 6 aromatic carbocycles. The Morgan fingerprint density at radius 2 is 1.07 bits per heavy atom. The van der Waals surface area contributed by atoms with Crippen molar-refractivity contribution in [1.82, 2.24) is 5.32 Å². The summed E-state index contributed by atoms with van der Waals surface area (Å²) in [5, 5.41) is 7.76. The standard InChI is InChI=1S/C39H25N3O2/c1-3-11-24(12-4-1)37-40-38(25-13-5-2-6-14-25)42-39(41-37)31-22-21-27(36-35(31)30-16-8-10-18-33(30)44-36)26-19-20-29-28-15-7-9-17-32(28)43-34(29)23-26/h1-23,39H,(H,40,41,42). The van der Waals surface area contributed by atoms with E-state index in [4.69, 9.17) is 18.8 Å². The molecule has 9 rings (SSSR count). The van der Waals surface area contributed by atoms with Gasteiger partial charge in [0.15, 0.2) is 6.17 Å². The van der Waals surface area contributed by atoms with E-state index in [0.717, 1.165) is 83.4 Å². The molecule has 5 nitrogen and oxygen atoms in total. The number of hydrogen-bond donors (Lipinski definition) is 1. The van der Waals surface area contributed by atoms with Crippen molar-refractivity contribution in [3.63, 3.8) is 0 Å². The molecule has 0 saturated heterocycles. The second-order valence-electron chi connectivity index (χ2n) is 11.0. The summed E-state index contributed by atoms with van der Waals surface area (Å²) >= 11 is 0. The van der Waals surface area contributed by atoms with Crippen molar-refractivity contribution in [2.75, 3.05) is 0 Å². The quantitative estimate of drug-likeness (QED) is 0.230. The topological polar surface area (TPSA) is 63.0 Å². The second kappa shape index (κ2) is 9.82. The largest absolute Gasteiger partial charge is 0.456 e. The molecule has 0 fully saturated rings. The molecule has 5 heteroatoms. The third-order valence-corrected chi connectivity index (χ3v) is 8.36. The molecule has 44 heavy (non-hydrogen) atoms. The Kier molecular flexibility index (Phi) is 5.50. The van der Waals surface area contributed by atoms with Crippen molar-refractivity contribution in [3.05, 3.63) is 156 Å². The molecule has 1 aliphatic heterocycles. The van der Waals surface area contributed by atoms with E-state index in [0.29, 0.717) is 0 Å². The smallest absolute Gasteiger partial charge is 0.170 e. The van der Waals surface area contributed by atoms with Crippen molar-refractivity contribution in [1.29, 1.82) is 0 Å². The van der Waals surface area contributed by atoms with E-state index < -0.39 is 6.17 Å². The number of nitrogens with zero attached hydrogens (tertiary/aromatic N) is 2. The van der Waals surface area contributed by atoms with Crippen LogP contribution in [0.25, 0.3) is 55.0 Å². The maximum absolute atomic E-state index is 6.62. The number of hydrogen-bond acceptors (Lipinski definition) is 5. The Morgan fingerprint density at radius 1 is 0.477 bits per heavy atom. The Hall–Kier alpha value is -5.94. The minimum Gasteiger partial charge on any atom is -0.456 e. The van der Waals surface area contributed by atoms with Crippen LogP contribution in [0.5, 0.6) is 0 Å². The van der Waals surface area contributed by atoms with Crippen molar-refractivity contribution < 1.29 is 8.83 Å². The van der Waals surface area contributed by atoms with Gasteiger partial charge >= 0.3 is 0 Å². The Labute approximate surface area is 252 Å². The number of furan rings is 2. The second-order valence-corrected chi connectivity index (χ2v) is 11.0. The minimum atomic E-state index is -0.475. The van der Waals surface area contributed by atoms with Gasteiger partial charge in [-0.1, -0.05) is 115 Å². The average molecular weight is 568 g/mol. The highest BCUT2D eigenvalue weighted by molar-refractivity contribution is 6.17. The molecule has 0 bridgehead atoms. The van der Waals surface area contributed by atoms with Crippen LogP contribution in [-0.4, -0.2) is 11.7 Å². The first kappa shape index (κ1) is 24.6. The Morgan fingerprint density at radius 3 is 1.77 bits per heavy atom. The van der Waals surface area contributed by atoms with Crippen molar-refractivity contribution in [2.45, 2.75) is 6.17 Å². The Balaban J connectivity index is 1.27. The zero-order valence-corrected chi connectivity index (χ0v) is 23.6. The fraction of sp³-hybridized carbons (Fsp3) is 0.0256. The van der Waals surface area contributed by atoms with Gasteiger partial charge in [-0.15, -0.1) is 0 Å². The monoisotopic (exact) mass is 567 g/mol. The number of fused-ring (bicyclic) bond motifs is 6. The zero-order chi connectivity index (χ0) is 29.0. The number of aliphatic imine (C=N–C) groups is 2. The van der Waals surface area contributed by atoms with Crippen molar-refractivity contribution in [3.8, 4) is 11.1 Å². The number of amidine groups is 2.